The predicted octanol–water partition coefficient (Wildman–Crippen LogP) is 1.77. The molecule has 0 amide bonds. The molecule has 1 aliphatic rings. The van der Waals surface area contributed by atoms with Crippen molar-refractivity contribution in [3.8, 4) is 5.75 Å². The first-order valence-corrected chi connectivity index (χ1v) is 4.81. The van der Waals surface area contributed by atoms with Gasteiger partial charge in [0.25, 0.3) is 0 Å². The summed E-state index contributed by atoms with van der Waals surface area (Å²) in [5.74, 6) is 0.788. The molecule has 78 valence electrons. The Morgan fingerprint density at radius 1 is 1.33 bits per heavy atom. The van der Waals surface area contributed by atoms with Gasteiger partial charge in [-0.1, -0.05) is 4.85 Å². The van der Waals surface area contributed by atoms with E-state index in [1.54, 1.807) is 13.3 Å². The molecule has 0 saturated carbocycles. The van der Waals surface area contributed by atoms with Crippen LogP contribution in [-0.2, 0) is 0 Å². The van der Waals surface area contributed by atoms with Gasteiger partial charge >= 0.3 is 0 Å². The summed E-state index contributed by atoms with van der Waals surface area (Å²) in [6.45, 7) is 0. The molecule has 0 radical (unpaired) electrons. The minimum absolute atomic E-state index is 0.686. The number of nitrogens with zero attached hydrogens (tertiary/aromatic N) is 2. The van der Waals surface area contributed by atoms with Crippen LogP contribution >= 0.6 is 0 Å². The summed E-state index contributed by atoms with van der Waals surface area (Å²) in [6.07, 6.45) is 3.19. The minimum Gasteiger partial charge on any atom is -0.594 e. The summed E-state index contributed by atoms with van der Waals surface area (Å²) in [4.78, 5) is 0.686. The smallest absolute Gasteiger partial charge is 0.229 e. The molecular formula is C11H12N2O2. The molecule has 0 atom stereocenters. The van der Waals surface area contributed by atoms with Crippen LogP contribution < -0.4 is 4.74 Å². The van der Waals surface area contributed by atoms with E-state index in [-0.39, 0.29) is 0 Å². The molecule has 0 fully saturated rings. The van der Waals surface area contributed by atoms with Crippen molar-refractivity contribution in [1.29, 1.82) is 0 Å². The lowest BCUT2D eigenvalue weighted by molar-refractivity contribution is -0.464. The third kappa shape index (κ3) is 1.98. The fraction of sp³-hybridized carbons (Fsp3) is 0.273. The van der Waals surface area contributed by atoms with Gasteiger partial charge in [-0.2, -0.15) is 0 Å². The summed E-state index contributed by atoms with van der Waals surface area (Å²) < 4.78 is 5.05. The molecule has 1 aliphatic heterocycles. The molecule has 0 N–H and O–H groups in total. The fourth-order valence-corrected chi connectivity index (χ4v) is 1.54. The summed E-state index contributed by atoms with van der Waals surface area (Å²) in [6, 6.07) is 7.43. The number of ether oxygens (including phenoxy) is 1. The molecule has 1 aromatic rings. The van der Waals surface area contributed by atoms with Gasteiger partial charge in [-0.25, -0.2) is 0 Å². The number of benzene rings is 1. The molecule has 0 saturated heterocycles. The van der Waals surface area contributed by atoms with Crippen molar-refractivity contribution in [2.45, 2.75) is 12.8 Å². The first-order chi connectivity index (χ1) is 7.31. The van der Waals surface area contributed by atoms with E-state index >= 15 is 0 Å². The topological polar surface area (TPSA) is 47.7 Å². The van der Waals surface area contributed by atoms with Crippen LogP contribution in [-0.4, -0.2) is 23.9 Å². The Labute approximate surface area is 88.1 Å². The zero-order valence-corrected chi connectivity index (χ0v) is 8.51. The van der Waals surface area contributed by atoms with E-state index in [2.05, 4.69) is 5.10 Å². The number of rotatable bonds is 2. The average molecular weight is 204 g/mol. The number of hydrogen-bond donors (Lipinski definition) is 0. The second-order valence-corrected chi connectivity index (χ2v) is 3.28. The normalized spacial score (nSPS) is 15.5. The largest absolute Gasteiger partial charge is 0.594 e. The second kappa shape index (κ2) is 4.13. The molecule has 0 spiro atoms. The van der Waals surface area contributed by atoms with Gasteiger partial charge in [0.05, 0.1) is 13.3 Å². The van der Waals surface area contributed by atoms with E-state index in [9.17, 15) is 5.21 Å². The average Bonchev–Trinajstić information content (AvgIpc) is 2.30. The molecule has 1 heterocycles. The molecular weight excluding hydrogens is 192 g/mol. The summed E-state index contributed by atoms with van der Waals surface area (Å²) in [7, 11) is 1.62. The van der Waals surface area contributed by atoms with Crippen LogP contribution in [0.2, 0.25) is 0 Å². The minimum atomic E-state index is 0.686. The highest BCUT2D eigenvalue weighted by atomic mass is 16.5. The molecule has 0 aliphatic carbocycles. The lowest BCUT2D eigenvalue weighted by Gasteiger charge is -2.08. The highest BCUT2D eigenvalue weighted by Gasteiger charge is 2.15. The zero-order valence-electron chi connectivity index (χ0n) is 8.51. The van der Waals surface area contributed by atoms with Crippen LogP contribution in [0.3, 0.4) is 0 Å². The van der Waals surface area contributed by atoms with Gasteiger partial charge in [-0.3, -0.25) is 0 Å². The lowest BCUT2D eigenvalue weighted by Crippen LogP contribution is -2.16. The van der Waals surface area contributed by atoms with Crippen molar-refractivity contribution in [2.24, 2.45) is 5.10 Å². The van der Waals surface area contributed by atoms with Crippen molar-refractivity contribution in [3.63, 3.8) is 0 Å². The fourth-order valence-electron chi connectivity index (χ4n) is 1.54. The van der Waals surface area contributed by atoms with Crippen LogP contribution in [0.1, 0.15) is 18.4 Å². The maximum absolute atomic E-state index is 11.4. The van der Waals surface area contributed by atoms with Crippen molar-refractivity contribution in [3.05, 3.63) is 35.0 Å². The Kier molecular flexibility index (Phi) is 2.67. The Balaban J connectivity index is 2.33. The van der Waals surface area contributed by atoms with Crippen LogP contribution in [0.15, 0.2) is 29.4 Å². The van der Waals surface area contributed by atoms with E-state index in [0.29, 0.717) is 10.6 Å². The lowest BCUT2D eigenvalue weighted by atomic mass is 10.1. The zero-order chi connectivity index (χ0) is 10.7. The maximum atomic E-state index is 11.4. The quantitative estimate of drug-likeness (QED) is 0.544. The van der Waals surface area contributed by atoms with Crippen molar-refractivity contribution < 1.29 is 9.58 Å². The number of hydrazone groups is 1. The standard InChI is InChI=1S/C11H12N2O2/c1-15-10-6-4-9(5-7-10)11-3-2-8-12-13(11)14/h4-8H,2-3H2,1H3. The van der Waals surface area contributed by atoms with E-state index in [0.717, 1.165) is 24.2 Å². The Morgan fingerprint density at radius 3 is 2.67 bits per heavy atom. The molecule has 0 bridgehead atoms. The van der Waals surface area contributed by atoms with Crippen LogP contribution in [0.5, 0.6) is 5.75 Å². The second-order valence-electron chi connectivity index (χ2n) is 3.28. The van der Waals surface area contributed by atoms with Crippen molar-refractivity contribution in [1.82, 2.24) is 0 Å². The molecule has 4 heteroatoms. The third-order valence-electron chi connectivity index (χ3n) is 2.35. The van der Waals surface area contributed by atoms with Crippen LogP contribution in [0.4, 0.5) is 0 Å². The molecule has 0 aromatic heterocycles. The Bertz CT molecular complexity index is 407. The first-order valence-electron chi connectivity index (χ1n) is 4.81. The van der Waals surface area contributed by atoms with Gasteiger partial charge in [0.15, 0.2) is 0 Å². The van der Waals surface area contributed by atoms with Crippen LogP contribution in [0.25, 0.3) is 0 Å². The first kappa shape index (κ1) is 9.71. The maximum Gasteiger partial charge on any atom is 0.229 e. The van der Waals surface area contributed by atoms with E-state index in [1.165, 1.54) is 0 Å². The Morgan fingerprint density at radius 2 is 2.07 bits per heavy atom. The van der Waals surface area contributed by atoms with Crippen molar-refractivity contribution >= 4 is 11.9 Å². The molecule has 0 unspecified atom stereocenters. The van der Waals surface area contributed by atoms with E-state index in [1.807, 2.05) is 24.3 Å². The molecule has 4 nitrogen and oxygen atoms in total. The van der Waals surface area contributed by atoms with E-state index in [4.69, 9.17) is 4.74 Å². The van der Waals surface area contributed by atoms with Crippen LogP contribution in [0, 0.1) is 5.21 Å². The van der Waals surface area contributed by atoms with Gasteiger partial charge in [0.2, 0.25) is 5.71 Å². The van der Waals surface area contributed by atoms with Crippen molar-refractivity contribution in [2.75, 3.05) is 7.11 Å². The van der Waals surface area contributed by atoms with Gasteiger partial charge < -0.3 is 9.94 Å². The van der Waals surface area contributed by atoms with Gasteiger partial charge in [0.1, 0.15) is 5.75 Å². The highest BCUT2D eigenvalue weighted by Crippen LogP contribution is 2.14. The molecule has 1 aromatic carbocycles. The van der Waals surface area contributed by atoms with E-state index < -0.39 is 0 Å². The monoisotopic (exact) mass is 204 g/mol. The number of methoxy groups -OCH3 is 1. The summed E-state index contributed by atoms with van der Waals surface area (Å²) in [5.41, 5.74) is 1.61. The Hall–Kier alpha value is -1.84. The highest BCUT2D eigenvalue weighted by molar-refractivity contribution is 5.98. The third-order valence-corrected chi connectivity index (χ3v) is 2.35. The predicted molar refractivity (Wildman–Crippen MR) is 58.5 cm³/mol. The van der Waals surface area contributed by atoms with Gasteiger partial charge in [-0.05, 0) is 30.7 Å². The molecule has 2 rings (SSSR count). The van der Waals surface area contributed by atoms with Gasteiger partial charge in [0, 0.05) is 17.1 Å². The van der Waals surface area contributed by atoms with Gasteiger partial charge in [-0.15, -0.1) is 0 Å². The summed E-state index contributed by atoms with van der Waals surface area (Å²) >= 11 is 0. The summed E-state index contributed by atoms with van der Waals surface area (Å²) in [5, 5.41) is 15.1. The SMILES string of the molecule is COc1ccc(C2=[N+]([O-])N=CCC2)cc1. The molecule has 15 heavy (non-hydrogen) atoms. The number of hydrogen-bond acceptors (Lipinski definition) is 3.